The smallest absolute Gasteiger partial charge is 0.282 e. The molecule has 0 radical (unpaired) electrons. The Morgan fingerprint density at radius 2 is 2.13 bits per heavy atom. The Morgan fingerprint density at radius 1 is 1.39 bits per heavy atom. The van der Waals surface area contributed by atoms with Crippen LogP contribution in [0.4, 0.5) is 4.39 Å². The van der Waals surface area contributed by atoms with Crippen LogP contribution in [0.15, 0.2) is 17.7 Å². The van der Waals surface area contributed by atoms with Gasteiger partial charge in [-0.1, -0.05) is 0 Å². The lowest BCUT2D eigenvalue weighted by atomic mass is 9.89. The number of aliphatic hydroxyl groups is 1. The molecule has 2 heterocycles. The van der Waals surface area contributed by atoms with Gasteiger partial charge in [-0.05, 0) is 44.1 Å². The molecule has 1 aliphatic carbocycles. The van der Waals surface area contributed by atoms with Gasteiger partial charge >= 0.3 is 0 Å². The lowest BCUT2D eigenvalue weighted by Crippen LogP contribution is -2.52. The molecule has 1 saturated heterocycles. The molecular weight excluding hydrogens is 299 g/mol. The van der Waals surface area contributed by atoms with Crippen molar-refractivity contribution in [3.8, 4) is 0 Å². The zero-order valence-electron chi connectivity index (χ0n) is 13.5. The number of amides is 1. The van der Waals surface area contributed by atoms with Crippen LogP contribution in [-0.4, -0.2) is 49.4 Å². The molecule has 0 bridgehead atoms. The number of halogens is 1. The largest absolute Gasteiger partial charge is 0.388 e. The van der Waals surface area contributed by atoms with Crippen LogP contribution < -0.4 is 0 Å². The molecule has 0 aromatic carbocycles. The first-order chi connectivity index (χ1) is 11.0. The highest BCUT2D eigenvalue weighted by Crippen LogP contribution is 2.30. The van der Waals surface area contributed by atoms with Crippen LogP contribution in [0.3, 0.4) is 0 Å². The average molecular weight is 322 g/mol. The molecule has 126 valence electrons. The fourth-order valence-electron chi connectivity index (χ4n) is 3.50. The van der Waals surface area contributed by atoms with Crippen molar-refractivity contribution in [3.05, 3.63) is 23.6 Å². The monoisotopic (exact) mass is 322 g/mol. The van der Waals surface area contributed by atoms with Gasteiger partial charge in [-0.15, -0.1) is 10.2 Å². The number of carbonyl (C=O) groups is 1. The molecule has 3 rings (SSSR count). The van der Waals surface area contributed by atoms with E-state index in [0.29, 0.717) is 50.0 Å². The van der Waals surface area contributed by atoms with Crippen LogP contribution in [0.5, 0.6) is 0 Å². The SMILES string of the molecule is Cn1cnnc1CC1(O)CCCN(C(=O)C(F)=C2CCCC2)C1. The van der Waals surface area contributed by atoms with Crippen LogP contribution in [0.25, 0.3) is 0 Å². The number of rotatable bonds is 3. The van der Waals surface area contributed by atoms with Crippen LogP contribution >= 0.6 is 0 Å². The minimum atomic E-state index is -1.07. The van der Waals surface area contributed by atoms with Gasteiger partial charge in [-0.25, -0.2) is 4.39 Å². The molecule has 23 heavy (non-hydrogen) atoms. The van der Waals surface area contributed by atoms with Crippen LogP contribution in [0.2, 0.25) is 0 Å². The number of aryl methyl sites for hydroxylation is 1. The molecule has 1 aliphatic heterocycles. The maximum Gasteiger partial charge on any atom is 0.282 e. The first-order valence-corrected chi connectivity index (χ1v) is 8.20. The van der Waals surface area contributed by atoms with E-state index < -0.39 is 17.3 Å². The standard InChI is InChI=1S/C16H23FN4O2/c1-20-11-18-19-13(20)9-16(23)7-4-8-21(10-16)15(22)14(17)12-5-2-3-6-12/h11,23H,2-10H2,1H3. The topological polar surface area (TPSA) is 71.2 Å². The summed E-state index contributed by atoms with van der Waals surface area (Å²) < 4.78 is 16.1. The van der Waals surface area contributed by atoms with Gasteiger partial charge in [0.25, 0.3) is 5.91 Å². The zero-order chi connectivity index (χ0) is 16.4. The van der Waals surface area contributed by atoms with Crippen LogP contribution in [0, 0.1) is 0 Å². The lowest BCUT2D eigenvalue weighted by molar-refractivity contribution is -0.135. The molecule has 1 unspecified atom stereocenters. The van der Waals surface area contributed by atoms with Gasteiger partial charge in [0.1, 0.15) is 12.2 Å². The molecule has 1 aromatic rings. The normalized spacial score (nSPS) is 25.0. The number of nitrogens with zero attached hydrogens (tertiary/aromatic N) is 4. The number of likely N-dealkylation sites (tertiary alicyclic amines) is 1. The fraction of sp³-hybridized carbons (Fsp3) is 0.688. The number of hydrogen-bond donors (Lipinski definition) is 1. The predicted octanol–water partition coefficient (Wildman–Crippen LogP) is 1.51. The molecule has 7 heteroatoms. The van der Waals surface area contributed by atoms with Crippen molar-refractivity contribution in [1.29, 1.82) is 0 Å². The molecule has 2 aliphatic rings. The van der Waals surface area contributed by atoms with Gasteiger partial charge in [0.05, 0.1) is 12.1 Å². The predicted molar refractivity (Wildman–Crippen MR) is 82.1 cm³/mol. The Labute approximate surface area is 135 Å². The third kappa shape index (κ3) is 3.44. The number of allylic oxidation sites excluding steroid dienone is 1. The third-order valence-electron chi connectivity index (χ3n) is 4.84. The van der Waals surface area contributed by atoms with E-state index in [-0.39, 0.29) is 6.54 Å². The minimum absolute atomic E-state index is 0.138. The quantitative estimate of drug-likeness (QED) is 0.856. The van der Waals surface area contributed by atoms with Crippen molar-refractivity contribution in [2.45, 2.75) is 50.5 Å². The minimum Gasteiger partial charge on any atom is -0.388 e. The Kier molecular flexibility index (Phi) is 4.48. The van der Waals surface area contributed by atoms with Gasteiger partial charge < -0.3 is 14.6 Å². The Balaban J connectivity index is 1.71. The van der Waals surface area contributed by atoms with E-state index in [1.165, 1.54) is 4.90 Å². The average Bonchev–Trinajstić information content (AvgIpc) is 3.18. The highest BCUT2D eigenvalue weighted by molar-refractivity contribution is 5.92. The summed E-state index contributed by atoms with van der Waals surface area (Å²) in [5.74, 6) is -0.514. The molecule has 2 fully saturated rings. The van der Waals surface area contributed by atoms with Crippen molar-refractivity contribution in [3.63, 3.8) is 0 Å². The lowest BCUT2D eigenvalue weighted by Gasteiger charge is -2.38. The Hall–Kier alpha value is -1.76. The van der Waals surface area contributed by atoms with Gasteiger partial charge in [0.15, 0.2) is 5.83 Å². The van der Waals surface area contributed by atoms with Gasteiger partial charge in [0.2, 0.25) is 0 Å². The van der Waals surface area contributed by atoms with Crippen molar-refractivity contribution < 1.29 is 14.3 Å². The first-order valence-electron chi connectivity index (χ1n) is 8.20. The number of β-amino-alcohol motifs (C(OH)–C–C–N with tert-alkyl or cyclic N) is 1. The summed E-state index contributed by atoms with van der Waals surface area (Å²) >= 11 is 0. The zero-order valence-corrected chi connectivity index (χ0v) is 13.5. The summed E-state index contributed by atoms with van der Waals surface area (Å²) in [6.07, 6.45) is 6.37. The van der Waals surface area contributed by atoms with Crippen LogP contribution in [0.1, 0.15) is 44.3 Å². The molecule has 1 amide bonds. The van der Waals surface area contributed by atoms with E-state index in [1.54, 1.807) is 10.9 Å². The Morgan fingerprint density at radius 3 is 2.78 bits per heavy atom. The summed E-state index contributed by atoms with van der Waals surface area (Å²) in [7, 11) is 1.81. The summed E-state index contributed by atoms with van der Waals surface area (Å²) in [4.78, 5) is 13.8. The van der Waals surface area contributed by atoms with Crippen LogP contribution in [-0.2, 0) is 18.3 Å². The molecule has 1 saturated carbocycles. The third-order valence-corrected chi connectivity index (χ3v) is 4.84. The van der Waals surface area contributed by atoms with Crippen molar-refractivity contribution >= 4 is 5.91 Å². The van der Waals surface area contributed by atoms with E-state index in [1.807, 2.05) is 7.05 Å². The molecule has 1 aromatic heterocycles. The highest BCUT2D eigenvalue weighted by atomic mass is 19.1. The van der Waals surface area contributed by atoms with Crippen molar-refractivity contribution in [2.75, 3.05) is 13.1 Å². The second-order valence-electron chi connectivity index (χ2n) is 6.71. The molecule has 6 nitrogen and oxygen atoms in total. The summed E-state index contributed by atoms with van der Waals surface area (Å²) in [5, 5.41) is 18.6. The second-order valence-corrected chi connectivity index (χ2v) is 6.71. The van der Waals surface area contributed by atoms with E-state index in [9.17, 15) is 14.3 Å². The van der Waals surface area contributed by atoms with Gasteiger partial charge in [-0.2, -0.15) is 0 Å². The maximum absolute atomic E-state index is 14.4. The van der Waals surface area contributed by atoms with Gasteiger partial charge in [-0.3, -0.25) is 4.79 Å². The number of aromatic nitrogens is 3. The first kappa shape index (κ1) is 16.1. The molecule has 0 spiro atoms. The fourth-order valence-corrected chi connectivity index (χ4v) is 3.50. The van der Waals surface area contributed by atoms with E-state index in [2.05, 4.69) is 10.2 Å². The molecule has 1 atom stereocenters. The number of carbonyl (C=O) groups excluding carboxylic acids is 1. The second kappa shape index (κ2) is 6.39. The summed E-state index contributed by atoms with van der Waals surface area (Å²) in [6.45, 7) is 0.625. The summed E-state index contributed by atoms with van der Waals surface area (Å²) in [6, 6.07) is 0. The molecule has 1 N–H and O–H groups in total. The highest BCUT2D eigenvalue weighted by Gasteiger charge is 2.38. The van der Waals surface area contributed by atoms with Crippen molar-refractivity contribution in [1.82, 2.24) is 19.7 Å². The van der Waals surface area contributed by atoms with Crippen molar-refractivity contribution in [2.24, 2.45) is 7.05 Å². The summed E-state index contributed by atoms with van der Waals surface area (Å²) in [5.41, 5.74) is -0.438. The molecular formula is C16H23FN4O2. The number of piperidine rings is 1. The Bertz CT molecular complexity index is 619. The van der Waals surface area contributed by atoms with Gasteiger partial charge in [0, 0.05) is 20.0 Å². The maximum atomic E-state index is 14.4. The number of hydrogen-bond acceptors (Lipinski definition) is 4. The van der Waals surface area contributed by atoms with E-state index in [4.69, 9.17) is 0 Å². The van der Waals surface area contributed by atoms with E-state index in [0.717, 1.165) is 12.8 Å². The van der Waals surface area contributed by atoms with E-state index >= 15 is 0 Å².